The van der Waals surface area contributed by atoms with Crippen LogP contribution in [0.5, 0.6) is 0 Å². The smallest absolute Gasteiger partial charge is 0.167 e. The van der Waals surface area contributed by atoms with Crippen LogP contribution in [0.25, 0.3) is 0 Å². The molecule has 2 aromatic rings. The van der Waals surface area contributed by atoms with E-state index in [1.807, 2.05) is 6.92 Å². The number of aromatic nitrogens is 3. The number of nitrogens with one attached hydrogen (secondary N) is 1. The molecule has 2 atom stereocenters. The van der Waals surface area contributed by atoms with Gasteiger partial charge in [0, 0.05) is 5.92 Å². The lowest BCUT2D eigenvalue weighted by Gasteiger charge is -2.27. The first-order chi connectivity index (χ1) is 7.75. The van der Waals surface area contributed by atoms with E-state index in [4.69, 9.17) is 5.73 Å². The summed E-state index contributed by atoms with van der Waals surface area (Å²) in [4.78, 5) is 4.44. The Bertz CT molecular complexity index is 515. The number of rotatable bonds is 2. The number of fused-ring (bicyclic) bond motifs is 1. The number of H-pyrrole nitrogens is 1. The fourth-order valence-electron chi connectivity index (χ4n) is 2.15. The molecule has 0 amide bonds. The Morgan fingerprint density at radius 1 is 1.44 bits per heavy atom. The lowest BCUT2D eigenvalue weighted by molar-refractivity contribution is 0.661. The van der Waals surface area contributed by atoms with Crippen molar-refractivity contribution < 1.29 is 0 Å². The number of aromatic amines is 1. The predicted molar refractivity (Wildman–Crippen MR) is 61.0 cm³/mol. The molecule has 3 N–H and O–H groups in total. The topological polar surface area (TPSA) is 67.6 Å². The third kappa shape index (κ3) is 1.34. The van der Waals surface area contributed by atoms with Crippen LogP contribution in [-0.4, -0.2) is 15.2 Å². The van der Waals surface area contributed by atoms with Gasteiger partial charge in [0.1, 0.15) is 5.82 Å². The predicted octanol–water partition coefficient (Wildman–Crippen LogP) is 1.51. The van der Waals surface area contributed by atoms with Crippen LogP contribution < -0.4 is 5.73 Å². The summed E-state index contributed by atoms with van der Waals surface area (Å²) in [5, 5.41) is 7.12. The van der Waals surface area contributed by atoms with E-state index < -0.39 is 0 Å². The number of hydrogen-bond acceptors (Lipinski definition) is 3. The van der Waals surface area contributed by atoms with Gasteiger partial charge >= 0.3 is 0 Å². The lowest BCUT2D eigenvalue weighted by atomic mass is 9.77. The molecular formula is C12H14N4. The van der Waals surface area contributed by atoms with Crippen LogP contribution in [0, 0.1) is 0 Å². The van der Waals surface area contributed by atoms with Crippen LogP contribution in [0.1, 0.15) is 41.7 Å². The molecule has 4 nitrogen and oxygen atoms in total. The summed E-state index contributed by atoms with van der Waals surface area (Å²) >= 11 is 0. The lowest BCUT2D eigenvalue weighted by Crippen LogP contribution is -2.19. The van der Waals surface area contributed by atoms with Gasteiger partial charge in [0.05, 0.1) is 6.04 Å². The molecule has 1 heterocycles. The zero-order valence-corrected chi connectivity index (χ0v) is 9.14. The first kappa shape index (κ1) is 9.54. The van der Waals surface area contributed by atoms with Gasteiger partial charge in [0.15, 0.2) is 5.82 Å². The van der Waals surface area contributed by atoms with Gasteiger partial charge in [-0.25, -0.2) is 4.98 Å². The van der Waals surface area contributed by atoms with Gasteiger partial charge in [-0.3, -0.25) is 5.10 Å². The summed E-state index contributed by atoms with van der Waals surface area (Å²) in [5.41, 5.74) is 8.50. The molecule has 1 aliphatic rings. The quantitative estimate of drug-likeness (QED) is 0.796. The van der Waals surface area contributed by atoms with Crippen molar-refractivity contribution >= 4 is 0 Å². The highest BCUT2D eigenvalue weighted by Gasteiger charge is 2.29. The van der Waals surface area contributed by atoms with Gasteiger partial charge in [-0.15, -0.1) is 0 Å². The molecule has 16 heavy (non-hydrogen) atoms. The Morgan fingerprint density at radius 3 is 2.94 bits per heavy atom. The van der Waals surface area contributed by atoms with Crippen molar-refractivity contribution in [3.8, 4) is 0 Å². The highest BCUT2D eigenvalue weighted by atomic mass is 15.2. The Labute approximate surface area is 93.9 Å². The second-order valence-electron chi connectivity index (χ2n) is 4.32. The summed E-state index contributed by atoms with van der Waals surface area (Å²) in [7, 11) is 0. The first-order valence-corrected chi connectivity index (χ1v) is 5.51. The molecule has 0 spiro atoms. The average molecular weight is 214 g/mol. The maximum Gasteiger partial charge on any atom is 0.167 e. The minimum absolute atomic E-state index is 0.111. The van der Waals surface area contributed by atoms with Crippen molar-refractivity contribution in [3.63, 3.8) is 0 Å². The Balaban J connectivity index is 1.91. The van der Waals surface area contributed by atoms with E-state index in [1.165, 1.54) is 11.1 Å². The van der Waals surface area contributed by atoms with E-state index >= 15 is 0 Å². The molecule has 1 aromatic carbocycles. The van der Waals surface area contributed by atoms with E-state index in [2.05, 4.69) is 39.4 Å². The van der Waals surface area contributed by atoms with E-state index in [0.717, 1.165) is 12.2 Å². The molecule has 0 radical (unpaired) electrons. The van der Waals surface area contributed by atoms with Crippen LogP contribution in [0.2, 0.25) is 0 Å². The zero-order chi connectivity index (χ0) is 11.1. The summed E-state index contributed by atoms with van der Waals surface area (Å²) in [6, 6.07) is 8.34. The Kier molecular flexibility index (Phi) is 2.04. The van der Waals surface area contributed by atoms with Gasteiger partial charge in [0.25, 0.3) is 0 Å². The highest BCUT2D eigenvalue weighted by Crippen LogP contribution is 2.38. The van der Waals surface area contributed by atoms with E-state index in [0.29, 0.717) is 11.7 Å². The van der Waals surface area contributed by atoms with E-state index in [-0.39, 0.29) is 6.04 Å². The number of nitrogens with zero attached hydrogens (tertiary/aromatic N) is 2. The molecule has 0 bridgehead atoms. The van der Waals surface area contributed by atoms with Crippen molar-refractivity contribution in [2.45, 2.75) is 25.3 Å². The molecule has 0 saturated carbocycles. The fourth-order valence-corrected chi connectivity index (χ4v) is 2.15. The second-order valence-corrected chi connectivity index (χ2v) is 4.32. The summed E-state index contributed by atoms with van der Waals surface area (Å²) in [6.45, 7) is 1.89. The summed E-state index contributed by atoms with van der Waals surface area (Å²) in [5.74, 6) is 2.00. The van der Waals surface area contributed by atoms with Gasteiger partial charge in [0.2, 0.25) is 0 Å². The molecule has 1 aliphatic carbocycles. The average Bonchev–Trinajstić information content (AvgIpc) is 2.69. The fraction of sp³-hybridized carbons (Fsp3) is 0.333. The second kappa shape index (κ2) is 3.42. The van der Waals surface area contributed by atoms with Crippen LogP contribution >= 0.6 is 0 Å². The van der Waals surface area contributed by atoms with Crippen molar-refractivity contribution in [1.82, 2.24) is 15.2 Å². The summed E-state index contributed by atoms with van der Waals surface area (Å²) < 4.78 is 0. The van der Waals surface area contributed by atoms with Crippen LogP contribution in [0.4, 0.5) is 0 Å². The van der Waals surface area contributed by atoms with Crippen LogP contribution in [0.3, 0.4) is 0 Å². The van der Waals surface area contributed by atoms with Gasteiger partial charge in [-0.2, -0.15) is 5.10 Å². The largest absolute Gasteiger partial charge is 0.321 e. The SMILES string of the molecule is CC(N)c1n[nH]c(C2Cc3ccccc32)n1. The standard InChI is InChI=1S/C12H14N4/c1-7(13)11-14-12(16-15-11)10-6-8-4-2-3-5-9(8)10/h2-5,7,10H,6,13H2,1H3,(H,14,15,16). The van der Waals surface area contributed by atoms with Crippen molar-refractivity contribution in [2.75, 3.05) is 0 Å². The minimum atomic E-state index is -0.111. The van der Waals surface area contributed by atoms with E-state index in [1.54, 1.807) is 0 Å². The summed E-state index contributed by atoms with van der Waals surface area (Å²) in [6.07, 6.45) is 1.05. The minimum Gasteiger partial charge on any atom is -0.321 e. The molecule has 0 aliphatic heterocycles. The number of benzene rings is 1. The van der Waals surface area contributed by atoms with Gasteiger partial charge in [-0.05, 0) is 24.5 Å². The van der Waals surface area contributed by atoms with Crippen molar-refractivity contribution in [3.05, 3.63) is 47.0 Å². The molecular weight excluding hydrogens is 200 g/mol. The van der Waals surface area contributed by atoms with Crippen molar-refractivity contribution in [2.24, 2.45) is 5.73 Å². The Morgan fingerprint density at radius 2 is 2.25 bits per heavy atom. The molecule has 0 fully saturated rings. The van der Waals surface area contributed by atoms with Gasteiger partial charge < -0.3 is 5.73 Å². The zero-order valence-electron chi connectivity index (χ0n) is 9.14. The maximum absolute atomic E-state index is 5.74. The molecule has 1 aromatic heterocycles. The van der Waals surface area contributed by atoms with Gasteiger partial charge in [-0.1, -0.05) is 24.3 Å². The maximum atomic E-state index is 5.74. The Hall–Kier alpha value is -1.68. The molecule has 0 saturated heterocycles. The highest BCUT2D eigenvalue weighted by molar-refractivity contribution is 5.43. The number of hydrogen-bond donors (Lipinski definition) is 2. The third-order valence-electron chi connectivity index (χ3n) is 3.11. The normalized spacial score (nSPS) is 20.0. The molecule has 3 rings (SSSR count). The molecule has 82 valence electrons. The third-order valence-corrected chi connectivity index (χ3v) is 3.11. The molecule has 4 heteroatoms. The van der Waals surface area contributed by atoms with Crippen LogP contribution in [0.15, 0.2) is 24.3 Å². The first-order valence-electron chi connectivity index (χ1n) is 5.51. The van der Waals surface area contributed by atoms with E-state index in [9.17, 15) is 0 Å². The van der Waals surface area contributed by atoms with Crippen molar-refractivity contribution in [1.29, 1.82) is 0 Å². The molecule has 2 unspecified atom stereocenters. The van der Waals surface area contributed by atoms with Crippen LogP contribution in [-0.2, 0) is 6.42 Å². The monoisotopic (exact) mass is 214 g/mol. The number of nitrogens with two attached hydrogens (primary N) is 1.